The molecule has 0 spiro atoms. The summed E-state index contributed by atoms with van der Waals surface area (Å²) in [7, 11) is 1.69. The van der Waals surface area contributed by atoms with Crippen LogP contribution in [0.25, 0.3) is 0 Å². The molecular weight excluding hydrogens is 240 g/mol. The molecule has 1 saturated heterocycles. The van der Waals surface area contributed by atoms with Crippen molar-refractivity contribution >= 4 is 5.91 Å². The van der Waals surface area contributed by atoms with Crippen molar-refractivity contribution in [3.05, 3.63) is 30.1 Å². The minimum Gasteiger partial charge on any atom is -0.359 e. The van der Waals surface area contributed by atoms with Crippen molar-refractivity contribution in [2.75, 3.05) is 26.7 Å². The van der Waals surface area contributed by atoms with E-state index >= 15 is 0 Å². The lowest BCUT2D eigenvalue weighted by atomic mass is 9.95. The molecule has 0 bridgehead atoms. The zero-order chi connectivity index (χ0) is 13.7. The van der Waals surface area contributed by atoms with Gasteiger partial charge in [0.2, 0.25) is 5.91 Å². The van der Waals surface area contributed by atoms with Gasteiger partial charge in [0.05, 0.1) is 17.7 Å². The van der Waals surface area contributed by atoms with Gasteiger partial charge in [0, 0.05) is 26.3 Å². The lowest BCUT2D eigenvalue weighted by Crippen LogP contribution is -2.45. The Labute approximate surface area is 114 Å². The van der Waals surface area contributed by atoms with E-state index in [2.05, 4.69) is 15.2 Å². The largest absolute Gasteiger partial charge is 0.359 e. The number of aromatic nitrogens is 1. The molecule has 0 aromatic carbocycles. The van der Waals surface area contributed by atoms with Gasteiger partial charge >= 0.3 is 0 Å². The Morgan fingerprint density at radius 1 is 1.63 bits per heavy atom. The average Bonchev–Trinajstić information content (AvgIpc) is 2.48. The number of nitrogens with two attached hydrogens (primary N) is 1. The Hall–Kier alpha value is -1.46. The monoisotopic (exact) mass is 262 g/mol. The summed E-state index contributed by atoms with van der Waals surface area (Å²) in [4.78, 5) is 18.5. The number of likely N-dealkylation sites (tertiary alicyclic amines) is 1. The van der Waals surface area contributed by atoms with Crippen molar-refractivity contribution in [3.63, 3.8) is 0 Å². The molecule has 1 aliphatic rings. The Balaban J connectivity index is 2.09. The van der Waals surface area contributed by atoms with Crippen LogP contribution >= 0.6 is 0 Å². The zero-order valence-electron chi connectivity index (χ0n) is 11.4. The van der Waals surface area contributed by atoms with Crippen molar-refractivity contribution in [3.8, 4) is 0 Å². The zero-order valence-corrected chi connectivity index (χ0v) is 11.4. The molecule has 1 amide bonds. The molecule has 1 aliphatic heterocycles. The van der Waals surface area contributed by atoms with Crippen LogP contribution in [0.5, 0.6) is 0 Å². The van der Waals surface area contributed by atoms with Gasteiger partial charge in [-0.25, -0.2) is 0 Å². The molecule has 19 heavy (non-hydrogen) atoms. The van der Waals surface area contributed by atoms with Gasteiger partial charge in [0.25, 0.3) is 0 Å². The number of hydrogen-bond donors (Lipinski definition) is 2. The van der Waals surface area contributed by atoms with E-state index in [0.717, 1.165) is 31.6 Å². The fourth-order valence-corrected chi connectivity index (χ4v) is 2.74. The molecule has 1 fully saturated rings. The molecule has 1 aromatic heterocycles. The van der Waals surface area contributed by atoms with Gasteiger partial charge in [0.1, 0.15) is 0 Å². The first-order chi connectivity index (χ1) is 9.26. The summed E-state index contributed by atoms with van der Waals surface area (Å²) in [6.45, 7) is 2.27. The van der Waals surface area contributed by atoms with E-state index in [4.69, 9.17) is 5.73 Å². The first-order valence-corrected chi connectivity index (χ1v) is 6.83. The number of carbonyl (C=O) groups excluding carboxylic acids is 1. The van der Waals surface area contributed by atoms with Gasteiger partial charge in [-0.2, -0.15) is 0 Å². The molecule has 3 N–H and O–H groups in total. The van der Waals surface area contributed by atoms with Crippen molar-refractivity contribution in [2.24, 2.45) is 11.7 Å². The van der Waals surface area contributed by atoms with E-state index in [1.54, 1.807) is 13.2 Å². The molecule has 5 heteroatoms. The Kier molecular flexibility index (Phi) is 4.87. The number of piperidine rings is 1. The van der Waals surface area contributed by atoms with Crippen LogP contribution in [0.3, 0.4) is 0 Å². The van der Waals surface area contributed by atoms with Gasteiger partial charge in [-0.05, 0) is 31.5 Å². The summed E-state index contributed by atoms with van der Waals surface area (Å²) in [5.41, 5.74) is 6.90. The minimum absolute atomic E-state index is 0.0662. The fraction of sp³-hybridized carbons (Fsp3) is 0.571. The molecule has 104 valence electrons. The summed E-state index contributed by atoms with van der Waals surface area (Å²) in [5.74, 6) is 0.193. The Bertz CT molecular complexity index is 409. The van der Waals surface area contributed by atoms with Crippen molar-refractivity contribution in [1.29, 1.82) is 0 Å². The van der Waals surface area contributed by atoms with Crippen molar-refractivity contribution in [2.45, 2.75) is 18.9 Å². The van der Waals surface area contributed by atoms with E-state index in [-0.39, 0.29) is 17.9 Å². The molecule has 0 saturated carbocycles. The molecular formula is C14H22N4O. The van der Waals surface area contributed by atoms with Gasteiger partial charge in [-0.15, -0.1) is 0 Å². The summed E-state index contributed by atoms with van der Waals surface area (Å²) in [5, 5.41) is 2.74. The Morgan fingerprint density at radius 3 is 3.11 bits per heavy atom. The smallest absolute Gasteiger partial charge is 0.224 e. The lowest BCUT2D eigenvalue weighted by Gasteiger charge is -2.36. The third-order valence-corrected chi connectivity index (χ3v) is 3.76. The first kappa shape index (κ1) is 14.0. The van der Waals surface area contributed by atoms with Gasteiger partial charge in [0.15, 0.2) is 0 Å². The number of amides is 1. The summed E-state index contributed by atoms with van der Waals surface area (Å²) in [6.07, 6.45) is 3.77. The fourth-order valence-electron chi connectivity index (χ4n) is 2.74. The molecule has 2 unspecified atom stereocenters. The molecule has 0 aliphatic carbocycles. The number of hydrogen-bond acceptors (Lipinski definition) is 4. The van der Waals surface area contributed by atoms with Crippen LogP contribution in [0.4, 0.5) is 0 Å². The maximum atomic E-state index is 11.8. The molecule has 0 radical (unpaired) electrons. The predicted octanol–water partition coefficient (Wildman–Crippen LogP) is 0.539. The highest BCUT2D eigenvalue weighted by Gasteiger charge is 2.29. The number of pyridine rings is 1. The summed E-state index contributed by atoms with van der Waals surface area (Å²) >= 11 is 0. The predicted molar refractivity (Wildman–Crippen MR) is 74.4 cm³/mol. The van der Waals surface area contributed by atoms with E-state index in [1.807, 2.05) is 18.2 Å². The van der Waals surface area contributed by atoms with Crippen LogP contribution in [-0.2, 0) is 4.79 Å². The third kappa shape index (κ3) is 3.30. The highest BCUT2D eigenvalue weighted by atomic mass is 16.1. The summed E-state index contributed by atoms with van der Waals surface area (Å²) < 4.78 is 0. The SMILES string of the molecule is CNC(=O)C1CCCN(C(CN)c2ccccn2)C1. The van der Waals surface area contributed by atoms with Gasteiger partial charge in [-0.3, -0.25) is 14.7 Å². The minimum atomic E-state index is 0.0662. The van der Waals surface area contributed by atoms with Crippen LogP contribution < -0.4 is 11.1 Å². The van der Waals surface area contributed by atoms with Crippen LogP contribution in [0.15, 0.2) is 24.4 Å². The highest BCUT2D eigenvalue weighted by molar-refractivity contribution is 5.78. The second-order valence-electron chi connectivity index (χ2n) is 4.95. The number of carbonyl (C=O) groups is 1. The summed E-state index contributed by atoms with van der Waals surface area (Å²) in [6, 6.07) is 5.99. The van der Waals surface area contributed by atoms with E-state index < -0.39 is 0 Å². The molecule has 2 atom stereocenters. The maximum absolute atomic E-state index is 11.8. The number of nitrogens with zero attached hydrogens (tertiary/aromatic N) is 2. The van der Waals surface area contributed by atoms with Crippen LogP contribution in [0.1, 0.15) is 24.6 Å². The van der Waals surface area contributed by atoms with Gasteiger partial charge in [-0.1, -0.05) is 6.07 Å². The number of rotatable bonds is 4. The van der Waals surface area contributed by atoms with Gasteiger partial charge < -0.3 is 11.1 Å². The third-order valence-electron chi connectivity index (χ3n) is 3.76. The lowest BCUT2D eigenvalue weighted by molar-refractivity contribution is -0.126. The van der Waals surface area contributed by atoms with Crippen LogP contribution in [0, 0.1) is 5.92 Å². The topological polar surface area (TPSA) is 71.2 Å². The second-order valence-corrected chi connectivity index (χ2v) is 4.95. The second kappa shape index (κ2) is 6.63. The molecule has 2 heterocycles. The normalized spacial score (nSPS) is 21.9. The average molecular weight is 262 g/mol. The van der Waals surface area contributed by atoms with E-state index in [0.29, 0.717) is 6.54 Å². The molecule has 1 aromatic rings. The van der Waals surface area contributed by atoms with E-state index in [1.165, 1.54) is 0 Å². The molecule has 2 rings (SSSR count). The first-order valence-electron chi connectivity index (χ1n) is 6.83. The Morgan fingerprint density at radius 2 is 2.47 bits per heavy atom. The van der Waals surface area contributed by atoms with Crippen LogP contribution in [0.2, 0.25) is 0 Å². The van der Waals surface area contributed by atoms with Crippen molar-refractivity contribution < 1.29 is 4.79 Å². The number of nitrogens with one attached hydrogen (secondary N) is 1. The quantitative estimate of drug-likeness (QED) is 0.831. The standard InChI is InChI=1S/C14H22N4O/c1-16-14(19)11-5-4-8-18(10-11)13(9-15)12-6-2-3-7-17-12/h2-3,6-7,11,13H,4-5,8-10,15H2,1H3,(H,16,19). The van der Waals surface area contributed by atoms with Crippen LogP contribution in [-0.4, -0.2) is 42.5 Å². The van der Waals surface area contributed by atoms with Crippen molar-refractivity contribution in [1.82, 2.24) is 15.2 Å². The highest BCUT2D eigenvalue weighted by Crippen LogP contribution is 2.25. The van der Waals surface area contributed by atoms with E-state index in [9.17, 15) is 4.79 Å². The molecule has 5 nitrogen and oxygen atoms in total. The maximum Gasteiger partial charge on any atom is 0.224 e.